The van der Waals surface area contributed by atoms with Crippen LogP contribution in [0.5, 0.6) is 0 Å². The average Bonchev–Trinajstić information content (AvgIpc) is 3.46. The highest BCUT2D eigenvalue weighted by Crippen LogP contribution is 2.31. The minimum Gasteiger partial charge on any atom is -0.423 e. The van der Waals surface area contributed by atoms with Crippen molar-refractivity contribution in [3.8, 4) is 0 Å². The number of halogens is 2. The summed E-state index contributed by atoms with van der Waals surface area (Å²) in [6.45, 7) is 7.53. The van der Waals surface area contributed by atoms with Crippen molar-refractivity contribution in [1.82, 2.24) is 14.8 Å². The average molecular weight is 501 g/mol. The van der Waals surface area contributed by atoms with Gasteiger partial charge < -0.3 is 14.6 Å². The van der Waals surface area contributed by atoms with Crippen LogP contribution in [0.3, 0.4) is 0 Å². The summed E-state index contributed by atoms with van der Waals surface area (Å²) in [4.78, 5) is 21.9. The van der Waals surface area contributed by atoms with E-state index in [-0.39, 0.29) is 12.0 Å². The molecule has 2 aromatic carbocycles. The molecule has 0 bridgehead atoms. The van der Waals surface area contributed by atoms with E-state index in [1.807, 2.05) is 18.2 Å². The standard InChI is InChI=1S/C26H30Cl2N4O2/c1-16-14-31(9-10-32(16)25(33)18-5-3-4-6-18)15-19-11-21(28)13-22(17(19)2)29-26-30-23-12-20(27)7-8-24(23)34-26/h7-8,11-13,16,18H,3-6,9-10,14-15H2,1-2H3,(H,29,30)/t16-/m0/s1. The molecule has 5 rings (SSSR count). The zero-order valence-corrected chi connectivity index (χ0v) is 21.1. The first kappa shape index (κ1) is 23.5. The van der Waals surface area contributed by atoms with Crippen LogP contribution in [-0.2, 0) is 11.3 Å². The lowest BCUT2D eigenvalue weighted by atomic mass is 10.0. The molecule has 1 aromatic heterocycles. The highest BCUT2D eigenvalue weighted by molar-refractivity contribution is 6.31. The van der Waals surface area contributed by atoms with Crippen LogP contribution in [-0.4, -0.2) is 46.4 Å². The van der Waals surface area contributed by atoms with Crippen molar-refractivity contribution in [3.63, 3.8) is 0 Å². The normalized spacial score (nSPS) is 19.8. The van der Waals surface area contributed by atoms with Gasteiger partial charge in [0.15, 0.2) is 5.58 Å². The molecular formula is C26H30Cl2N4O2. The number of aromatic nitrogens is 1. The lowest BCUT2D eigenvalue weighted by Crippen LogP contribution is -2.54. The van der Waals surface area contributed by atoms with E-state index in [2.05, 4.69) is 33.9 Å². The second-order valence-electron chi connectivity index (χ2n) is 9.59. The first-order valence-corrected chi connectivity index (χ1v) is 12.8. The third-order valence-electron chi connectivity index (χ3n) is 7.16. The predicted molar refractivity (Wildman–Crippen MR) is 137 cm³/mol. The summed E-state index contributed by atoms with van der Waals surface area (Å²) in [6.07, 6.45) is 4.48. The maximum absolute atomic E-state index is 12.9. The van der Waals surface area contributed by atoms with Gasteiger partial charge >= 0.3 is 0 Å². The number of hydrogen-bond donors (Lipinski definition) is 1. The number of anilines is 2. The number of amides is 1. The summed E-state index contributed by atoms with van der Waals surface area (Å²) in [5.41, 5.74) is 4.49. The van der Waals surface area contributed by atoms with Gasteiger partial charge in [0.2, 0.25) is 5.91 Å². The maximum atomic E-state index is 12.9. The summed E-state index contributed by atoms with van der Waals surface area (Å²) < 4.78 is 5.83. The van der Waals surface area contributed by atoms with Crippen LogP contribution in [0.15, 0.2) is 34.7 Å². The number of hydrogen-bond acceptors (Lipinski definition) is 5. The van der Waals surface area contributed by atoms with E-state index in [4.69, 9.17) is 27.6 Å². The molecule has 1 saturated carbocycles. The third-order valence-corrected chi connectivity index (χ3v) is 7.62. The van der Waals surface area contributed by atoms with Gasteiger partial charge in [0.25, 0.3) is 6.01 Å². The van der Waals surface area contributed by atoms with Crippen molar-refractivity contribution in [1.29, 1.82) is 0 Å². The van der Waals surface area contributed by atoms with Gasteiger partial charge in [-0.3, -0.25) is 9.69 Å². The molecule has 2 aliphatic rings. The van der Waals surface area contributed by atoms with Gasteiger partial charge in [0, 0.05) is 53.9 Å². The summed E-state index contributed by atoms with van der Waals surface area (Å²) in [6, 6.07) is 9.90. The first-order valence-electron chi connectivity index (χ1n) is 12.0. The molecule has 1 N–H and O–H groups in total. The number of nitrogens with one attached hydrogen (secondary N) is 1. The van der Waals surface area contributed by atoms with Crippen LogP contribution >= 0.6 is 23.2 Å². The SMILES string of the molecule is Cc1c(CN2CCN(C(=O)C3CCCC3)[C@@H](C)C2)cc(Cl)cc1Nc1nc2cc(Cl)ccc2o1. The summed E-state index contributed by atoms with van der Waals surface area (Å²) >= 11 is 12.6. The molecule has 1 amide bonds. The van der Waals surface area contributed by atoms with E-state index < -0.39 is 0 Å². The van der Waals surface area contributed by atoms with Crippen molar-refractivity contribution < 1.29 is 9.21 Å². The van der Waals surface area contributed by atoms with Crippen molar-refractivity contribution in [2.75, 3.05) is 25.0 Å². The van der Waals surface area contributed by atoms with E-state index >= 15 is 0 Å². The van der Waals surface area contributed by atoms with Gasteiger partial charge in [-0.2, -0.15) is 4.98 Å². The third kappa shape index (κ3) is 4.90. The van der Waals surface area contributed by atoms with E-state index in [0.29, 0.717) is 33.1 Å². The quantitative estimate of drug-likeness (QED) is 0.438. The number of fused-ring (bicyclic) bond motifs is 1. The predicted octanol–water partition coefficient (Wildman–Crippen LogP) is 6.41. The molecule has 180 valence electrons. The molecule has 1 aliphatic carbocycles. The summed E-state index contributed by atoms with van der Waals surface area (Å²) in [5, 5.41) is 4.56. The monoisotopic (exact) mass is 500 g/mol. The summed E-state index contributed by atoms with van der Waals surface area (Å²) in [5.74, 6) is 0.593. The molecule has 34 heavy (non-hydrogen) atoms. The van der Waals surface area contributed by atoms with E-state index in [1.165, 1.54) is 12.8 Å². The Morgan fingerprint density at radius 3 is 2.71 bits per heavy atom. The van der Waals surface area contributed by atoms with Crippen molar-refractivity contribution in [2.24, 2.45) is 5.92 Å². The number of oxazole rings is 1. The number of piperazine rings is 1. The Labute approximate surface area is 210 Å². The Morgan fingerprint density at radius 2 is 1.94 bits per heavy atom. The van der Waals surface area contributed by atoms with Gasteiger partial charge in [-0.15, -0.1) is 0 Å². The first-order chi connectivity index (χ1) is 16.4. The van der Waals surface area contributed by atoms with Crippen LogP contribution in [0.25, 0.3) is 11.1 Å². The number of rotatable bonds is 5. The second-order valence-corrected chi connectivity index (χ2v) is 10.5. The van der Waals surface area contributed by atoms with Crippen LogP contribution < -0.4 is 5.32 Å². The minimum absolute atomic E-state index is 0.213. The molecule has 2 fully saturated rings. The smallest absolute Gasteiger partial charge is 0.300 e. The maximum Gasteiger partial charge on any atom is 0.300 e. The Morgan fingerprint density at radius 1 is 1.15 bits per heavy atom. The molecule has 0 spiro atoms. The van der Waals surface area contributed by atoms with E-state index in [1.54, 1.807) is 12.1 Å². The van der Waals surface area contributed by atoms with Crippen LogP contribution in [0.1, 0.15) is 43.7 Å². The van der Waals surface area contributed by atoms with E-state index in [0.717, 1.165) is 55.8 Å². The van der Waals surface area contributed by atoms with E-state index in [9.17, 15) is 4.79 Å². The zero-order valence-electron chi connectivity index (χ0n) is 19.6. The highest BCUT2D eigenvalue weighted by atomic mass is 35.5. The lowest BCUT2D eigenvalue weighted by Gasteiger charge is -2.41. The molecule has 3 aromatic rings. The minimum atomic E-state index is 0.213. The fourth-order valence-corrected chi connectivity index (χ4v) is 5.66. The lowest BCUT2D eigenvalue weighted by molar-refractivity contribution is -0.140. The Hall–Kier alpha value is -2.28. The molecule has 1 aliphatic heterocycles. The molecule has 8 heteroatoms. The molecule has 0 radical (unpaired) electrons. The molecule has 1 saturated heterocycles. The number of carbonyl (C=O) groups is 1. The fraction of sp³-hybridized carbons (Fsp3) is 0.462. The Bertz CT molecular complexity index is 1200. The largest absolute Gasteiger partial charge is 0.423 e. The number of carbonyl (C=O) groups excluding carboxylic acids is 1. The number of nitrogens with zero attached hydrogens (tertiary/aromatic N) is 3. The Kier molecular flexibility index (Phi) is 6.74. The van der Waals surface area contributed by atoms with Gasteiger partial charge in [-0.05, 0) is 68.1 Å². The van der Waals surface area contributed by atoms with Crippen LogP contribution in [0, 0.1) is 12.8 Å². The molecule has 1 atom stereocenters. The zero-order chi connectivity index (χ0) is 23.8. The topological polar surface area (TPSA) is 61.6 Å². The van der Waals surface area contributed by atoms with Crippen LogP contribution in [0.2, 0.25) is 10.0 Å². The van der Waals surface area contributed by atoms with Gasteiger partial charge in [-0.1, -0.05) is 36.0 Å². The van der Waals surface area contributed by atoms with Gasteiger partial charge in [-0.25, -0.2) is 0 Å². The Balaban J connectivity index is 1.28. The van der Waals surface area contributed by atoms with Crippen molar-refractivity contribution >= 4 is 51.9 Å². The molecular weight excluding hydrogens is 471 g/mol. The van der Waals surface area contributed by atoms with Gasteiger partial charge in [0.05, 0.1) is 0 Å². The highest BCUT2D eigenvalue weighted by Gasteiger charge is 2.33. The van der Waals surface area contributed by atoms with Gasteiger partial charge in [0.1, 0.15) is 5.52 Å². The fourth-order valence-electron chi connectivity index (χ4n) is 5.25. The van der Waals surface area contributed by atoms with Crippen molar-refractivity contribution in [2.45, 2.75) is 52.1 Å². The second kappa shape index (κ2) is 9.76. The molecule has 2 heterocycles. The summed E-state index contributed by atoms with van der Waals surface area (Å²) in [7, 11) is 0. The molecule has 6 nitrogen and oxygen atoms in total. The number of benzene rings is 2. The van der Waals surface area contributed by atoms with Crippen molar-refractivity contribution in [3.05, 3.63) is 51.5 Å². The van der Waals surface area contributed by atoms with Crippen LogP contribution in [0.4, 0.5) is 11.7 Å². The molecule has 0 unspecified atom stereocenters.